The lowest BCUT2D eigenvalue weighted by Crippen LogP contribution is -2.40. The van der Waals surface area contributed by atoms with Crippen LogP contribution in [0, 0.1) is 0 Å². The molecule has 4 heteroatoms. The third-order valence-electron chi connectivity index (χ3n) is 3.55. The van der Waals surface area contributed by atoms with Gasteiger partial charge in [-0.05, 0) is 33.1 Å². The highest BCUT2D eigenvalue weighted by Gasteiger charge is 2.30. The quantitative estimate of drug-likeness (QED) is 0.719. The van der Waals surface area contributed by atoms with E-state index < -0.39 is 6.10 Å². The summed E-state index contributed by atoms with van der Waals surface area (Å²) in [6.45, 7) is 7.10. The van der Waals surface area contributed by atoms with Gasteiger partial charge >= 0.3 is 5.97 Å². The summed E-state index contributed by atoms with van der Waals surface area (Å²) in [5.74, 6) is -0.306. The predicted octanol–water partition coefficient (Wildman–Crippen LogP) is 1.56. The third-order valence-corrected chi connectivity index (χ3v) is 3.55. The summed E-state index contributed by atoms with van der Waals surface area (Å²) in [6.07, 6.45) is 2.99. The lowest BCUT2D eigenvalue weighted by Gasteiger charge is -2.29. The second kappa shape index (κ2) is 6.97. The van der Waals surface area contributed by atoms with Crippen LogP contribution in [0.2, 0.25) is 0 Å². The van der Waals surface area contributed by atoms with Crippen molar-refractivity contribution in [3.63, 3.8) is 0 Å². The molecule has 0 aromatic heterocycles. The standard InChI is InChI=1S/C13H25NO3/c1-4-11-7-6-10(3)14(11)9-12(15)8-13(16)17-5-2/h10-12,15H,4-9H2,1-3H3. The van der Waals surface area contributed by atoms with Crippen LogP contribution in [-0.4, -0.2) is 47.3 Å². The summed E-state index contributed by atoms with van der Waals surface area (Å²) in [4.78, 5) is 13.6. The fourth-order valence-corrected chi connectivity index (χ4v) is 2.61. The number of likely N-dealkylation sites (tertiary alicyclic amines) is 1. The molecule has 1 fully saturated rings. The number of carbonyl (C=O) groups excluding carboxylic acids is 1. The third kappa shape index (κ3) is 4.28. The number of ether oxygens (including phenoxy) is 1. The van der Waals surface area contributed by atoms with E-state index in [9.17, 15) is 9.90 Å². The Morgan fingerprint density at radius 1 is 1.47 bits per heavy atom. The highest BCUT2D eigenvalue weighted by Crippen LogP contribution is 2.26. The topological polar surface area (TPSA) is 49.8 Å². The normalized spacial score (nSPS) is 27.1. The van der Waals surface area contributed by atoms with Gasteiger partial charge in [0, 0.05) is 18.6 Å². The molecular formula is C13H25NO3. The molecule has 3 unspecified atom stereocenters. The van der Waals surface area contributed by atoms with Gasteiger partial charge in [0.05, 0.1) is 19.1 Å². The van der Waals surface area contributed by atoms with E-state index in [0.717, 1.165) is 6.42 Å². The molecule has 0 saturated carbocycles. The first kappa shape index (κ1) is 14.5. The van der Waals surface area contributed by atoms with Crippen molar-refractivity contribution in [2.24, 2.45) is 0 Å². The molecule has 0 radical (unpaired) electrons. The van der Waals surface area contributed by atoms with Crippen molar-refractivity contribution in [3.05, 3.63) is 0 Å². The lowest BCUT2D eigenvalue weighted by atomic mass is 10.1. The molecule has 1 heterocycles. The van der Waals surface area contributed by atoms with Gasteiger partial charge in [0.2, 0.25) is 0 Å². The first-order valence-electron chi connectivity index (χ1n) is 6.67. The summed E-state index contributed by atoms with van der Waals surface area (Å²) in [7, 11) is 0. The average molecular weight is 243 g/mol. The summed E-state index contributed by atoms with van der Waals surface area (Å²) in [5, 5.41) is 9.90. The van der Waals surface area contributed by atoms with Crippen molar-refractivity contribution in [1.29, 1.82) is 0 Å². The van der Waals surface area contributed by atoms with Gasteiger partial charge in [-0.3, -0.25) is 9.69 Å². The molecule has 0 aromatic carbocycles. The van der Waals surface area contributed by atoms with Crippen molar-refractivity contribution >= 4 is 5.97 Å². The average Bonchev–Trinajstić information content (AvgIpc) is 2.60. The van der Waals surface area contributed by atoms with E-state index >= 15 is 0 Å². The van der Waals surface area contributed by atoms with Gasteiger partial charge in [0.1, 0.15) is 0 Å². The van der Waals surface area contributed by atoms with Crippen LogP contribution in [0.15, 0.2) is 0 Å². The maximum atomic E-state index is 11.3. The number of rotatable bonds is 6. The molecule has 0 aliphatic carbocycles. The number of aliphatic hydroxyl groups is 1. The van der Waals surface area contributed by atoms with Gasteiger partial charge in [-0.2, -0.15) is 0 Å². The second-order valence-corrected chi connectivity index (χ2v) is 4.85. The zero-order chi connectivity index (χ0) is 12.8. The van der Waals surface area contributed by atoms with Crippen LogP contribution in [0.4, 0.5) is 0 Å². The molecule has 0 aromatic rings. The van der Waals surface area contributed by atoms with Gasteiger partial charge in [-0.15, -0.1) is 0 Å². The molecule has 100 valence electrons. The van der Waals surface area contributed by atoms with Crippen molar-refractivity contribution in [2.75, 3.05) is 13.2 Å². The highest BCUT2D eigenvalue weighted by atomic mass is 16.5. The number of aliphatic hydroxyl groups excluding tert-OH is 1. The first-order valence-corrected chi connectivity index (χ1v) is 6.67. The second-order valence-electron chi connectivity index (χ2n) is 4.85. The molecule has 1 aliphatic heterocycles. The van der Waals surface area contributed by atoms with E-state index in [0.29, 0.717) is 25.2 Å². The first-order chi connectivity index (χ1) is 8.08. The minimum absolute atomic E-state index is 0.105. The van der Waals surface area contributed by atoms with Crippen molar-refractivity contribution in [3.8, 4) is 0 Å². The van der Waals surface area contributed by atoms with Crippen LogP contribution in [-0.2, 0) is 9.53 Å². The fraction of sp³-hybridized carbons (Fsp3) is 0.923. The molecule has 1 N–H and O–H groups in total. The van der Waals surface area contributed by atoms with E-state index in [1.165, 1.54) is 12.8 Å². The Kier molecular flexibility index (Phi) is 5.92. The van der Waals surface area contributed by atoms with E-state index in [4.69, 9.17) is 4.74 Å². The van der Waals surface area contributed by atoms with Gasteiger partial charge in [0.25, 0.3) is 0 Å². The zero-order valence-electron chi connectivity index (χ0n) is 11.2. The maximum Gasteiger partial charge on any atom is 0.308 e. The molecule has 4 nitrogen and oxygen atoms in total. The molecule has 1 rings (SSSR count). The fourth-order valence-electron chi connectivity index (χ4n) is 2.61. The van der Waals surface area contributed by atoms with Gasteiger partial charge in [-0.25, -0.2) is 0 Å². The van der Waals surface area contributed by atoms with Gasteiger partial charge in [0.15, 0.2) is 0 Å². The largest absolute Gasteiger partial charge is 0.466 e. The van der Waals surface area contributed by atoms with Crippen LogP contribution in [0.1, 0.15) is 46.5 Å². The van der Waals surface area contributed by atoms with E-state index in [2.05, 4.69) is 18.7 Å². The van der Waals surface area contributed by atoms with Crippen molar-refractivity contribution < 1.29 is 14.6 Å². The van der Waals surface area contributed by atoms with E-state index in [-0.39, 0.29) is 12.4 Å². The Hall–Kier alpha value is -0.610. The monoisotopic (exact) mass is 243 g/mol. The van der Waals surface area contributed by atoms with Crippen LogP contribution < -0.4 is 0 Å². The zero-order valence-corrected chi connectivity index (χ0v) is 11.2. The van der Waals surface area contributed by atoms with Crippen LogP contribution >= 0.6 is 0 Å². The van der Waals surface area contributed by atoms with Crippen LogP contribution in [0.25, 0.3) is 0 Å². The molecular weight excluding hydrogens is 218 g/mol. The summed E-state index contributed by atoms with van der Waals surface area (Å²) >= 11 is 0. The predicted molar refractivity (Wildman–Crippen MR) is 66.7 cm³/mol. The summed E-state index contributed by atoms with van der Waals surface area (Å²) in [6, 6.07) is 1.07. The maximum absolute atomic E-state index is 11.3. The molecule has 0 amide bonds. The summed E-state index contributed by atoms with van der Waals surface area (Å²) < 4.78 is 4.84. The molecule has 3 atom stereocenters. The van der Waals surface area contributed by atoms with Crippen LogP contribution in [0.5, 0.6) is 0 Å². The Morgan fingerprint density at radius 2 is 2.18 bits per heavy atom. The highest BCUT2D eigenvalue weighted by molar-refractivity contribution is 5.69. The molecule has 0 spiro atoms. The Bertz CT molecular complexity index is 245. The lowest BCUT2D eigenvalue weighted by molar-refractivity contribution is -0.145. The number of nitrogens with zero attached hydrogens (tertiary/aromatic N) is 1. The number of β-amino-alcohol motifs (C(OH)–C–C–N with tert-alkyl or cyclic N) is 1. The Morgan fingerprint density at radius 3 is 2.76 bits per heavy atom. The summed E-state index contributed by atoms with van der Waals surface area (Å²) in [5.41, 5.74) is 0. The molecule has 1 saturated heterocycles. The van der Waals surface area contributed by atoms with Crippen molar-refractivity contribution in [1.82, 2.24) is 4.90 Å². The number of hydrogen-bond donors (Lipinski definition) is 1. The van der Waals surface area contributed by atoms with E-state index in [1.807, 2.05) is 0 Å². The molecule has 17 heavy (non-hydrogen) atoms. The number of esters is 1. The molecule has 0 bridgehead atoms. The minimum atomic E-state index is -0.608. The Labute approximate surface area is 104 Å². The Balaban J connectivity index is 2.38. The van der Waals surface area contributed by atoms with Crippen LogP contribution in [0.3, 0.4) is 0 Å². The van der Waals surface area contributed by atoms with Gasteiger partial charge < -0.3 is 9.84 Å². The number of carbonyl (C=O) groups is 1. The SMILES string of the molecule is CCOC(=O)CC(O)CN1C(C)CCC1CC. The number of hydrogen-bond acceptors (Lipinski definition) is 4. The van der Waals surface area contributed by atoms with Gasteiger partial charge in [-0.1, -0.05) is 6.92 Å². The smallest absolute Gasteiger partial charge is 0.308 e. The van der Waals surface area contributed by atoms with E-state index in [1.54, 1.807) is 6.92 Å². The minimum Gasteiger partial charge on any atom is -0.466 e. The van der Waals surface area contributed by atoms with Crippen molar-refractivity contribution in [2.45, 2.75) is 64.6 Å². The molecule has 1 aliphatic rings.